The molecule has 0 spiro atoms. The van der Waals surface area contributed by atoms with Crippen LogP contribution in [0.1, 0.15) is 42.3 Å². The maximum atomic E-state index is 13.4. The summed E-state index contributed by atoms with van der Waals surface area (Å²) in [5.41, 5.74) is 2.02. The number of aryl methyl sites for hydroxylation is 1. The van der Waals surface area contributed by atoms with Crippen LogP contribution in [-0.2, 0) is 14.8 Å². The van der Waals surface area contributed by atoms with Gasteiger partial charge in [-0.1, -0.05) is 29.8 Å². The lowest BCUT2D eigenvalue weighted by molar-refractivity contribution is -0.137. The Kier molecular flexibility index (Phi) is 5.77. The van der Waals surface area contributed by atoms with Crippen molar-refractivity contribution >= 4 is 37.5 Å². The van der Waals surface area contributed by atoms with Crippen LogP contribution in [0, 0.1) is 12.8 Å². The summed E-state index contributed by atoms with van der Waals surface area (Å²) in [6.07, 6.45) is 3.04. The number of fused-ring (bicyclic) bond motifs is 1. The van der Waals surface area contributed by atoms with Gasteiger partial charge < -0.3 is 4.90 Å². The zero-order valence-electron chi connectivity index (χ0n) is 18.1. The number of benzene rings is 2. The predicted molar refractivity (Wildman–Crippen MR) is 126 cm³/mol. The Morgan fingerprint density at radius 1 is 1.00 bits per heavy atom. The molecule has 1 unspecified atom stereocenters. The smallest absolute Gasteiger partial charge is 0.243 e. The van der Waals surface area contributed by atoms with Gasteiger partial charge in [-0.25, -0.2) is 13.4 Å². The van der Waals surface area contributed by atoms with Crippen molar-refractivity contribution in [1.82, 2.24) is 14.2 Å². The van der Waals surface area contributed by atoms with E-state index in [0.29, 0.717) is 30.8 Å². The van der Waals surface area contributed by atoms with Gasteiger partial charge in [-0.15, -0.1) is 11.3 Å². The summed E-state index contributed by atoms with van der Waals surface area (Å²) in [5, 5.41) is 1.01. The largest absolute Gasteiger partial charge is 0.333 e. The van der Waals surface area contributed by atoms with E-state index >= 15 is 0 Å². The number of thiazole rings is 1. The van der Waals surface area contributed by atoms with E-state index in [9.17, 15) is 13.2 Å². The number of carbonyl (C=O) groups is 1. The molecule has 1 atom stereocenters. The highest BCUT2D eigenvalue weighted by Gasteiger charge is 2.38. The molecule has 0 saturated carbocycles. The number of aromatic nitrogens is 1. The van der Waals surface area contributed by atoms with Crippen molar-refractivity contribution in [1.29, 1.82) is 0 Å². The fourth-order valence-electron chi connectivity index (χ4n) is 4.76. The summed E-state index contributed by atoms with van der Waals surface area (Å²) in [6, 6.07) is 15.1. The summed E-state index contributed by atoms with van der Waals surface area (Å²) in [4.78, 5) is 20.5. The van der Waals surface area contributed by atoms with Crippen molar-refractivity contribution < 1.29 is 13.2 Å². The Hall–Kier alpha value is -2.29. The maximum Gasteiger partial charge on any atom is 0.243 e. The van der Waals surface area contributed by atoms with E-state index in [-0.39, 0.29) is 17.9 Å². The van der Waals surface area contributed by atoms with Crippen molar-refractivity contribution in [3.63, 3.8) is 0 Å². The minimum Gasteiger partial charge on any atom is -0.333 e. The lowest BCUT2D eigenvalue weighted by atomic mass is 9.96. The Balaban J connectivity index is 1.27. The zero-order chi connectivity index (χ0) is 22.3. The second-order valence-electron chi connectivity index (χ2n) is 8.70. The average molecular weight is 470 g/mol. The number of piperidine rings is 1. The third kappa shape index (κ3) is 3.95. The number of para-hydroxylation sites is 1. The summed E-state index contributed by atoms with van der Waals surface area (Å²) in [5.74, 6) is 0.0218. The average Bonchev–Trinajstić information content (AvgIpc) is 3.46. The molecule has 0 N–H and O–H groups in total. The minimum atomic E-state index is -3.52. The van der Waals surface area contributed by atoms with Crippen LogP contribution in [-0.4, -0.2) is 48.1 Å². The first-order valence-corrected chi connectivity index (χ1v) is 13.4. The third-order valence-corrected chi connectivity index (χ3v) is 9.64. The molecule has 8 heteroatoms. The van der Waals surface area contributed by atoms with Crippen molar-refractivity contribution in [3.8, 4) is 0 Å². The lowest BCUT2D eigenvalue weighted by Crippen LogP contribution is -2.44. The molecule has 168 valence electrons. The molecule has 0 aliphatic carbocycles. The van der Waals surface area contributed by atoms with Crippen molar-refractivity contribution in [2.24, 2.45) is 5.92 Å². The molecule has 0 bridgehead atoms. The van der Waals surface area contributed by atoms with Gasteiger partial charge >= 0.3 is 0 Å². The second kappa shape index (κ2) is 8.57. The Bertz CT molecular complexity index is 1200. The SMILES string of the molecule is Cc1ccc(S(=O)(=O)N2CCC(C(=O)N3CCCC3c3nc4ccccc4s3)CC2)cc1. The number of nitrogens with zero attached hydrogens (tertiary/aromatic N) is 3. The molecule has 3 heterocycles. The van der Waals surface area contributed by atoms with Gasteiger partial charge in [-0.05, 0) is 56.9 Å². The first-order valence-electron chi connectivity index (χ1n) is 11.2. The van der Waals surface area contributed by atoms with Crippen molar-refractivity contribution in [2.45, 2.75) is 43.5 Å². The molecule has 32 heavy (non-hydrogen) atoms. The fourth-order valence-corrected chi connectivity index (χ4v) is 7.34. The number of sulfonamides is 1. The van der Waals surface area contributed by atoms with E-state index in [1.165, 1.54) is 4.31 Å². The molecule has 5 rings (SSSR count). The fraction of sp³-hybridized carbons (Fsp3) is 0.417. The molecule has 0 radical (unpaired) electrons. The number of rotatable bonds is 4. The van der Waals surface area contributed by atoms with Gasteiger partial charge in [0.2, 0.25) is 15.9 Å². The van der Waals surface area contributed by atoms with Gasteiger partial charge in [-0.2, -0.15) is 4.31 Å². The van der Waals surface area contributed by atoms with Crippen LogP contribution < -0.4 is 0 Å². The van der Waals surface area contributed by atoms with Gasteiger partial charge in [0.1, 0.15) is 5.01 Å². The van der Waals surface area contributed by atoms with E-state index in [0.717, 1.165) is 40.2 Å². The highest BCUT2D eigenvalue weighted by atomic mass is 32.2. The van der Waals surface area contributed by atoms with Gasteiger partial charge in [0.05, 0.1) is 21.2 Å². The first-order chi connectivity index (χ1) is 15.4. The van der Waals surface area contributed by atoms with Crippen LogP contribution in [0.3, 0.4) is 0 Å². The molecule has 3 aromatic rings. The van der Waals surface area contributed by atoms with Crippen LogP contribution >= 0.6 is 11.3 Å². The Morgan fingerprint density at radius 3 is 2.44 bits per heavy atom. The van der Waals surface area contributed by atoms with Crippen molar-refractivity contribution in [3.05, 3.63) is 59.1 Å². The number of likely N-dealkylation sites (tertiary alicyclic amines) is 1. The first kappa shape index (κ1) is 21.6. The predicted octanol–water partition coefficient (Wildman–Crippen LogP) is 4.37. The Labute approximate surface area is 192 Å². The third-order valence-electron chi connectivity index (χ3n) is 6.59. The second-order valence-corrected chi connectivity index (χ2v) is 11.7. The number of carbonyl (C=O) groups excluding carboxylic acids is 1. The molecular formula is C24H27N3O3S2. The topological polar surface area (TPSA) is 70.6 Å². The normalized spacial score (nSPS) is 20.8. The minimum absolute atomic E-state index is 0.0363. The lowest BCUT2D eigenvalue weighted by Gasteiger charge is -2.34. The van der Waals surface area contributed by atoms with Gasteiger partial charge in [0, 0.05) is 25.6 Å². The van der Waals surface area contributed by atoms with Crippen molar-refractivity contribution in [2.75, 3.05) is 19.6 Å². The summed E-state index contributed by atoms with van der Waals surface area (Å²) in [6.45, 7) is 3.45. The van der Waals surface area contributed by atoms with Crippen LogP contribution in [0.4, 0.5) is 0 Å². The molecule has 2 aliphatic rings. The summed E-state index contributed by atoms with van der Waals surface area (Å²) >= 11 is 1.67. The standard InChI is InChI=1S/C24H27N3O3S2/c1-17-8-10-19(11-9-17)32(29,30)26-15-12-18(13-16-26)24(28)27-14-4-6-21(27)23-25-20-5-2-3-7-22(20)31-23/h2-3,5,7-11,18,21H,4,6,12-16H2,1H3. The van der Waals surface area contributed by atoms with E-state index in [2.05, 4.69) is 6.07 Å². The monoisotopic (exact) mass is 469 g/mol. The highest BCUT2D eigenvalue weighted by molar-refractivity contribution is 7.89. The zero-order valence-corrected chi connectivity index (χ0v) is 19.7. The van der Waals surface area contributed by atoms with E-state index in [4.69, 9.17) is 4.98 Å². The van der Waals surface area contributed by atoms with E-state index < -0.39 is 10.0 Å². The summed E-state index contributed by atoms with van der Waals surface area (Å²) < 4.78 is 28.6. The van der Waals surface area contributed by atoms with Crippen LogP contribution in [0.5, 0.6) is 0 Å². The van der Waals surface area contributed by atoms with Crippen LogP contribution in [0.25, 0.3) is 10.2 Å². The maximum absolute atomic E-state index is 13.4. The molecule has 2 fully saturated rings. The quantitative estimate of drug-likeness (QED) is 0.569. The number of hydrogen-bond donors (Lipinski definition) is 0. The molecule has 1 amide bonds. The molecule has 2 saturated heterocycles. The van der Waals surface area contributed by atoms with Gasteiger partial charge in [-0.3, -0.25) is 4.79 Å². The Morgan fingerprint density at radius 2 is 1.72 bits per heavy atom. The van der Waals surface area contributed by atoms with Crippen LogP contribution in [0.15, 0.2) is 53.4 Å². The molecule has 2 aromatic carbocycles. The number of hydrogen-bond acceptors (Lipinski definition) is 5. The highest BCUT2D eigenvalue weighted by Crippen LogP contribution is 2.38. The van der Waals surface area contributed by atoms with Gasteiger partial charge in [0.25, 0.3) is 0 Å². The number of amides is 1. The molecule has 1 aromatic heterocycles. The molecular weight excluding hydrogens is 442 g/mol. The molecule has 2 aliphatic heterocycles. The van der Waals surface area contributed by atoms with E-state index in [1.54, 1.807) is 23.5 Å². The van der Waals surface area contributed by atoms with E-state index in [1.807, 2.05) is 42.2 Å². The van der Waals surface area contributed by atoms with Crippen LogP contribution in [0.2, 0.25) is 0 Å². The molecule has 6 nitrogen and oxygen atoms in total. The summed E-state index contributed by atoms with van der Waals surface area (Å²) in [7, 11) is -3.52. The van der Waals surface area contributed by atoms with Gasteiger partial charge in [0.15, 0.2) is 0 Å².